The summed E-state index contributed by atoms with van der Waals surface area (Å²) < 4.78 is 16.9. The van der Waals surface area contributed by atoms with E-state index in [1.165, 1.54) is 0 Å². The molecular weight excluding hydrogens is 356 g/mol. The minimum absolute atomic E-state index is 0.0153. The third-order valence-electron chi connectivity index (χ3n) is 5.21. The number of carbonyl (C=O) groups excluding carboxylic acids is 1. The minimum atomic E-state index is -0.314. The van der Waals surface area contributed by atoms with Crippen molar-refractivity contribution in [3.8, 4) is 5.75 Å². The first-order valence-corrected chi connectivity index (χ1v) is 9.76. The van der Waals surface area contributed by atoms with E-state index in [2.05, 4.69) is 5.32 Å². The molecule has 0 aliphatic carbocycles. The second-order valence-corrected chi connectivity index (χ2v) is 7.06. The first kappa shape index (κ1) is 18.8. The van der Waals surface area contributed by atoms with Gasteiger partial charge in [-0.2, -0.15) is 0 Å². The molecule has 1 amide bonds. The molecule has 0 bridgehead atoms. The highest BCUT2D eigenvalue weighted by molar-refractivity contribution is 6.01. The zero-order valence-corrected chi connectivity index (χ0v) is 16.1. The maximum absolute atomic E-state index is 13.3. The molecular formula is C22H26N2O4. The number of ether oxygens (including phenoxy) is 3. The number of para-hydroxylation sites is 2. The molecule has 0 radical (unpaired) electrons. The van der Waals surface area contributed by atoms with Crippen LogP contribution >= 0.6 is 0 Å². The molecule has 2 aliphatic heterocycles. The van der Waals surface area contributed by atoms with E-state index in [9.17, 15) is 4.79 Å². The standard InChI is InChI=1S/C22H26N2O4/c1-26-13-14-28-20-11-5-3-9-18(20)21-23-19-10-4-2-8-17(19)22(25)24(21)15-16-7-6-12-27-16/h2-5,8-11,16,21,23H,6-7,12-15H2,1H3. The second-order valence-electron chi connectivity index (χ2n) is 7.06. The zero-order valence-electron chi connectivity index (χ0n) is 16.1. The summed E-state index contributed by atoms with van der Waals surface area (Å²) >= 11 is 0. The SMILES string of the molecule is COCCOc1ccccc1C1Nc2ccccc2C(=O)N1CC1CCCO1. The molecule has 1 fully saturated rings. The second kappa shape index (κ2) is 8.63. The topological polar surface area (TPSA) is 60.0 Å². The van der Waals surface area contributed by atoms with Gasteiger partial charge < -0.3 is 24.4 Å². The Morgan fingerprint density at radius 3 is 2.79 bits per heavy atom. The molecule has 6 nitrogen and oxygen atoms in total. The lowest BCUT2D eigenvalue weighted by molar-refractivity contribution is 0.0423. The minimum Gasteiger partial charge on any atom is -0.491 e. The molecule has 28 heavy (non-hydrogen) atoms. The summed E-state index contributed by atoms with van der Waals surface area (Å²) in [7, 11) is 1.65. The Morgan fingerprint density at radius 2 is 1.96 bits per heavy atom. The van der Waals surface area contributed by atoms with Crippen LogP contribution in [0.5, 0.6) is 5.75 Å². The van der Waals surface area contributed by atoms with Gasteiger partial charge in [-0.05, 0) is 31.0 Å². The summed E-state index contributed by atoms with van der Waals surface area (Å²) in [6.45, 7) is 2.28. The van der Waals surface area contributed by atoms with E-state index in [4.69, 9.17) is 14.2 Å². The number of nitrogens with zero attached hydrogens (tertiary/aromatic N) is 1. The molecule has 4 rings (SSSR count). The summed E-state index contributed by atoms with van der Waals surface area (Å²) in [5, 5.41) is 3.54. The van der Waals surface area contributed by atoms with Crippen LogP contribution in [0.3, 0.4) is 0 Å². The first-order valence-electron chi connectivity index (χ1n) is 9.76. The number of amides is 1. The van der Waals surface area contributed by atoms with Gasteiger partial charge in [0, 0.05) is 31.5 Å². The number of hydrogen-bond acceptors (Lipinski definition) is 5. The Labute approximate surface area is 165 Å². The van der Waals surface area contributed by atoms with Gasteiger partial charge in [0.15, 0.2) is 0 Å². The van der Waals surface area contributed by atoms with Crippen LogP contribution < -0.4 is 10.1 Å². The van der Waals surface area contributed by atoms with Crippen molar-refractivity contribution in [2.24, 2.45) is 0 Å². The highest BCUT2D eigenvalue weighted by Crippen LogP contribution is 2.37. The van der Waals surface area contributed by atoms with E-state index < -0.39 is 0 Å². The molecule has 2 aromatic rings. The van der Waals surface area contributed by atoms with Crippen LogP contribution in [0.25, 0.3) is 0 Å². The molecule has 0 saturated carbocycles. The van der Waals surface area contributed by atoms with Gasteiger partial charge in [0.2, 0.25) is 0 Å². The summed E-state index contributed by atoms with van der Waals surface area (Å²) in [5.74, 6) is 0.767. The van der Waals surface area contributed by atoms with Gasteiger partial charge in [0.05, 0.1) is 18.3 Å². The monoisotopic (exact) mass is 382 g/mol. The Kier molecular flexibility index (Phi) is 5.78. The first-order chi connectivity index (χ1) is 13.8. The van der Waals surface area contributed by atoms with E-state index in [-0.39, 0.29) is 18.2 Å². The summed E-state index contributed by atoms with van der Waals surface area (Å²) in [4.78, 5) is 15.2. The van der Waals surface area contributed by atoms with Crippen molar-refractivity contribution in [3.63, 3.8) is 0 Å². The van der Waals surface area contributed by atoms with Gasteiger partial charge in [-0.25, -0.2) is 0 Å². The van der Waals surface area contributed by atoms with Crippen molar-refractivity contribution < 1.29 is 19.0 Å². The van der Waals surface area contributed by atoms with Crippen LogP contribution in [0.2, 0.25) is 0 Å². The molecule has 2 atom stereocenters. The van der Waals surface area contributed by atoms with Gasteiger partial charge in [-0.1, -0.05) is 30.3 Å². The van der Waals surface area contributed by atoms with Crippen molar-refractivity contribution in [3.05, 3.63) is 59.7 Å². The summed E-state index contributed by atoms with van der Waals surface area (Å²) in [5.41, 5.74) is 2.46. The zero-order chi connectivity index (χ0) is 19.3. The molecule has 2 heterocycles. The molecule has 0 aromatic heterocycles. The lowest BCUT2D eigenvalue weighted by Gasteiger charge is -2.39. The van der Waals surface area contributed by atoms with Crippen molar-refractivity contribution in [1.82, 2.24) is 4.90 Å². The van der Waals surface area contributed by atoms with Crippen molar-refractivity contribution in [1.29, 1.82) is 0 Å². The van der Waals surface area contributed by atoms with E-state index in [0.717, 1.165) is 36.4 Å². The van der Waals surface area contributed by atoms with Crippen LogP contribution in [0.1, 0.15) is 34.9 Å². The maximum atomic E-state index is 13.3. The number of nitrogens with one attached hydrogen (secondary N) is 1. The third-order valence-corrected chi connectivity index (χ3v) is 5.21. The van der Waals surface area contributed by atoms with Crippen LogP contribution in [0.4, 0.5) is 5.69 Å². The van der Waals surface area contributed by atoms with Crippen LogP contribution in [-0.2, 0) is 9.47 Å². The lowest BCUT2D eigenvalue weighted by atomic mass is 10.0. The predicted molar refractivity (Wildman–Crippen MR) is 107 cm³/mol. The number of rotatable bonds is 7. The van der Waals surface area contributed by atoms with Crippen LogP contribution in [-0.4, -0.2) is 50.4 Å². The van der Waals surface area contributed by atoms with E-state index in [0.29, 0.717) is 25.3 Å². The highest BCUT2D eigenvalue weighted by atomic mass is 16.5. The predicted octanol–water partition coefficient (Wildman–Crippen LogP) is 3.46. The number of carbonyl (C=O) groups is 1. The van der Waals surface area contributed by atoms with E-state index in [1.807, 2.05) is 53.4 Å². The summed E-state index contributed by atoms with van der Waals surface area (Å²) in [6, 6.07) is 15.5. The van der Waals surface area contributed by atoms with Gasteiger partial charge in [0.25, 0.3) is 5.91 Å². The van der Waals surface area contributed by atoms with Gasteiger partial charge in [-0.3, -0.25) is 4.79 Å². The average molecular weight is 382 g/mol. The number of hydrogen-bond donors (Lipinski definition) is 1. The fourth-order valence-corrected chi connectivity index (χ4v) is 3.81. The Hall–Kier alpha value is -2.57. The fraction of sp³-hybridized carbons (Fsp3) is 0.409. The highest BCUT2D eigenvalue weighted by Gasteiger charge is 2.36. The number of anilines is 1. The van der Waals surface area contributed by atoms with Crippen LogP contribution in [0, 0.1) is 0 Å². The van der Waals surface area contributed by atoms with Crippen LogP contribution in [0.15, 0.2) is 48.5 Å². The Balaban J connectivity index is 1.67. The van der Waals surface area contributed by atoms with Crippen molar-refractivity contribution in [2.75, 3.05) is 38.8 Å². The quantitative estimate of drug-likeness (QED) is 0.743. The molecule has 2 aromatic carbocycles. The summed E-state index contributed by atoms with van der Waals surface area (Å²) in [6.07, 6.45) is 1.77. The Bertz CT molecular complexity index is 820. The number of fused-ring (bicyclic) bond motifs is 1. The smallest absolute Gasteiger partial charge is 0.257 e. The molecule has 2 unspecified atom stereocenters. The molecule has 0 spiro atoms. The van der Waals surface area contributed by atoms with Gasteiger partial charge >= 0.3 is 0 Å². The molecule has 6 heteroatoms. The lowest BCUT2D eigenvalue weighted by Crippen LogP contribution is -2.46. The molecule has 2 aliphatic rings. The van der Waals surface area contributed by atoms with E-state index >= 15 is 0 Å². The molecule has 1 saturated heterocycles. The molecule has 1 N–H and O–H groups in total. The van der Waals surface area contributed by atoms with Crippen molar-refractivity contribution >= 4 is 11.6 Å². The number of benzene rings is 2. The van der Waals surface area contributed by atoms with Crippen molar-refractivity contribution in [2.45, 2.75) is 25.1 Å². The third kappa shape index (κ3) is 3.84. The van der Waals surface area contributed by atoms with Gasteiger partial charge in [0.1, 0.15) is 18.5 Å². The Morgan fingerprint density at radius 1 is 1.14 bits per heavy atom. The van der Waals surface area contributed by atoms with Gasteiger partial charge in [-0.15, -0.1) is 0 Å². The van der Waals surface area contributed by atoms with E-state index in [1.54, 1.807) is 7.11 Å². The normalized spacial score (nSPS) is 21.3. The maximum Gasteiger partial charge on any atom is 0.257 e. The number of methoxy groups -OCH3 is 1. The molecule has 148 valence electrons. The largest absolute Gasteiger partial charge is 0.491 e. The average Bonchev–Trinajstić information content (AvgIpc) is 3.24. The fourth-order valence-electron chi connectivity index (χ4n) is 3.81.